The van der Waals surface area contributed by atoms with Crippen molar-refractivity contribution in [2.45, 2.75) is 0 Å². The van der Waals surface area contributed by atoms with Gasteiger partial charge in [-0.2, -0.15) is 0 Å². The third-order valence-electron chi connectivity index (χ3n) is 2.49. The third kappa shape index (κ3) is 3.09. The molecule has 0 saturated heterocycles. The summed E-state index contributed by atoms with van der Waals surface area (Å²) in [4.78, 5) is 14.5. The number of pyridine rings is 1. The summed E-state index contributed by atoms with van der Waals surface area (Å²) in [5.74, 6) is 0.674. The molecule has 2 aromatic rings. The largest absolute Gasteiger partial charge is 0.373 e. The second-order valence-electron chi connectivity index (χ2n) is 3.83. The highest BCUT2D eigenvalue weighted by molar-refractivity contribution is 6.43. The monoisotopic (exact) mass is 312 g/mol. The van der Waals surface area contributed by atoms with Gasteiger partial charge in [-0.15, -0.1) is 0 Å². The lowest BCUT2D eigenvalue weighted by Gasteiger charge is -2.09. The van der Waals surface area contributed by atoms with Gasteiger partial charge in [-0.3, -0.25) is 10.1 Å². The fourth-order valence-electron chi connectivity index (χ4n) is 1.55. The Hall–Kier alpha value is -2.05. The molecule has 0 aliphatic carbocycles. The number of halogens is 2. The maximum atomic E-state index is 10.9. The van der Waals surface area contributed by atoms with Gasteiger partial charge in [-0.25, -0.2) is 4.98 Å². The smallest absolute Gasteiger partial charge is 0.276 e. The van der Waals surface area contributed by atoms with Crippen LogP contribution in [0, 0.1) is 10.1 Å². The maximum Gasteiger partial charge on any atom is 0.276 e. The maximum absolute atomic E-state index is 10.9. The minimum absolute atomic E-state index is 0.0787. The molecule has 2 N–H and O–H groups in total. The molecular formula is C12H10Cl2N4O2. The second kappa shape index (κ2) is 5.94. The molecule has 1 aromatic carbocycles. The molecule has 0 radical (unpaired) electrons. The van der Waals surface area contributed by atoms with E-state index in [1.54, 1.807) is 25.2 Å². The van der Waals surface area contributed by atoms with E-state index < -0.39 is 4.92 Å². The van der Waals surface area contributed by atoms with Crippen molar-refractivity contribution in [2.75, 3.05) is 17.7 Å². The number of hydrogen-bond donors (Lipinski definition) is 2. The molecule has 0 spiro atoms. The Morgan fingerprint density at radius 2 is 1.95 bits per heavy atom. The Balaban J connectivity index is 2.40. The SMILES string of the molecule is CNc1cc([N+](=O)[O-])cc(Nc2cccc(Cl)c2Cl)n1. The lowest BCUT2D eigenvalue weighted by Crippen LogP contribution is -2.00. The average molecular weight is 313 g/mol. The summed E-state index contributed by atoms with van der Waals surface area (Å²) in [6.07, 6.45) is 0. The van der Waals surface area contributed by atoms with Gasteiger partial charge in [0.25, 0.3) is 5.69 Å². The highest BCUT2D eigenvalue weighted by Gasteiger charge is 2.12. The summed E-state index contributed by atoms with van der Waals surface area (Å²) in [5, 5.41) is 17.3. The van der Waals surface area contributed by atoms with Crippen LogP contribution in [0.4, 0.5) is 23.0 Å². The van der Waals surface area contributed by atoms with Crippen molar-refractivity contribution >= 4 is 46.2 Å². The summed E-state index contributed by atoms with van der Waals surface area (Å²) >= 11 is 12.0. The summed E-state index contributed by atoms with van der Waals surface area (Å²) in [6.45, 7) is 0. The first-order valence-electron chi connectivity index (χ1n) is 5.56. The molecule has 0 fully saturated rings. The van der Waals surface area contributed by atoms with Crippen molar-refractivity contribution in [3.8, 4) is 0 Å². The fraction of sp³-hybridized carbons (Fsp3) is 0.0833. The molecule has 0 saturated carbocycles. The van der Waals surface area contributed by atoms with Crippen molar-refractivity contribution in [2.24, 2.45) is 0 Å². The van der Waals surface area contributed by atoms with Crippen molar-refractivity contribution < 1.29 is 4.92 Å². The number of nitrogens with zero attached hydrogens (tertiary/aromatic N) is 2. The Morgan fingerprint density at radius 1 is 1.25 bits per heavy atom. The van der Waals surface area contributed by atoms with Crippen molar-refractivity contribution in [1.29, 1.82) is 0 Å². The number of hydrogen-bond acceptors (Lipinski definition) is 5. The molecule has 1 heterocycles. The van der Waals surface area contributed by atoms with E-state index in [9.17, 15) is 10.1 Å². The van der Waals surface area contributed by atoms with E-state index in [0.717, 1.165) is 0 Å². The Labute approximate surface area is 124 Å². The van der Waals surface area contributed by atoms with Gasteiger partial charge in [0.05, 0.1) is 32.8 Å². The van der Waals surface area contributed by atoms with Crippen LogP contribution in [0.25, 0.3) is 0 Å². The van der Waals surface area contributed by atoms with Gasteiger partial charge in [0, 0.05) is 7.05 Å². The molecule has 0 aliphatic rings. The molecule has 2 rings (SSSR count). The molecule has 0 aliphatic heterocycles. The van der Waals surface area contributed by atoms with Crippen LogP contribution in [0.2, 0.25) is 10.0 Å². The predicted molar refractivity (Wildman–Crippen MR) is 80.2 cm³/mol. The van der Waals surface area contributed by atoms with E-state index in [1.165, 1.54) is 12.1 Å². The number of nitro groups is 1. The van der Waals surface area contributed by atoms with Gasteiger partial charge < -0.3 is 10.6 Å². The topological polar surface area (TPSA) is 80.1 Å². The van der Waals surface area contributed by atoms with Crippen LogP contribution in [-0.4, -0.2) is 17.0 Å². The molecule has 0 amide bonds. The number of benzene rings is 1. The van der Waals surface area contributed by atoms with E-state index in [0.29, 0.717) is 27.4 Å². The van der Waals surface area contributed by atoms with Crippen LogP contribution in [0.5, 0.6) is 0 Å². The van der Waals surface area contributed by atoms with E-state index in [2.05, 4.69) is 15.6 Å². The van der Waals surface area contributed by atoms with Crippen molar-refractivity contribution in [1.82, 2.24) is 4.98 Å². The van der Waals surface area contributed by atoms with Crippen LogP contribution < -0.4 is 10.6 Å². The second-order valence-corrected chi connectivity index (χ2v) is 4.61. The molecule has 104 valence electrons. The van der Waals surface area contributed by atoms with Gasteiger partial charge in [-0.05, 0) is 12.1 Å². The molecule has 20 heavy (non-hydrogen) atoms. The normalized spacial score (nSPS) is 10.2. The zero-order valence-electron chi connectivity index (χ0n) is 10.4. The van der Waals surface area contributed by atoms with E-state index in [4.69, 9.17) is 23.2 Å². The summed E-state index contributed by atoms with van der Waals surface area (Å²) in [7, 11) is 1.63. The number of aromatic nitrogens is 1. The minimum atomic E-state index is -0.493. The number of rotatable bonds is 4. The van der Waals surface area contributed by atoms with E-state index >= 15 is 0 Å². The number of nitrogens with one attached hydrogen (secondary N) is 2. The lowest BCUT2D eigenvalue weighted by atomic mass is 10.3. The van der Waals surface area contributed by atoms with E-state index in [-0.39, 0.29) is 5.69 Å². The summed E-state index contributed by atoms with van der Waals surface area (Å²) in [6, 6.07) is 7.72. The lowest BCUT2D eigenvalue weighted by molar-refractivity contribution is -0.384. The minimum Gasteiger partial charge on any atom is -0.373 e. The first kappa shape index (κ1) is 14.4. The number of anilines is 3. The standard InChI is InChI=1S/C12H10Cl2N4O2/c1-15-10-5-7(18(19)20)6-11(17-10)16-9-4-2-3-8(13)12(9)14/h2-6H,1H3,(H2,15,16,17). The predicted octanol–water partition coefficient (Wildman–Crippen LogP) is 4.08. The van der Waals surface area contributed by atoms with Gasteiger partial charge in [0.2, 0.25) is 0 Å². The molecule has 0 atom stereocenters. The van der Waals surface area contributed by atoms with Gasteiger partial charge in [-0.1, -0.05) is 29.3 Å². The van der Waals surface area contributed by atoms with Crippen LogP contribution in [0.3, 0.4) is 0 Å². The van der Waals surface area contributed by atoms with Gasteiger partial charge in [0.1, 0.15) is 11.6 Å². The van der Waals surface area contributed by atoms with Crippen LogP contribution in [0.1, 0.15) is 0 Å². The molecule has 6 nitrogen and oxygen atoms in total. The third-order valence-corrected chi connectivity index (χ3v) is 3.31. The summed E-state index contributed by atoms with van der Waals surface area (Å²) in [5.41, 5.74) is 0.444. The molecule has 0 unspecified atom stereocenters. The van der Waals surface area contributed by atoms with Crippen LogP contribution in [0.15, 0.2) is 30.3 Å². The molecule has 0 bridgehead atoms. The summed E-state index contributed by atoms with van der Waals surface area (Å²) < 4.78 is 0. The molecule has 1 aromatic heterocycles. The molecule has 8 heteroatoms. The zero-order valence-corrected chi connectivity index (χ0v) is 11.9. The Morgan fingerprint density at radius 3 is 2.60 bits per heavy atom. The van der Waals surface area contributed by atoms with Gasteiger partial charge in [0.15, 0.2) is 0 Å². The first-order valence-corrected chi connectivity index (χ1v) is 6.32. The quantitative estimate of drug-likeness (QED) is 0.656. The average Bonchev–Trinajstić information content (AvgIpc) is 2.43. The van der Waals surface area contributed by atoms with E-state index in [1.807, 2.05) is 0 Å². The van der Waals surface area contributed by atoms with Crippen LogP contribution >= 0.6 is 23.2 Å². The van der Waals surface area contributed by atoms with Gasteiger partial charge >= 0.3 is 0 Å². The van der Waals surface area contributed by atoms with Crippen molar-refractivity contribution in [3.05, 3.63) is 50.5 Å². The fourth-order valence-corrected chi connectivity index (χ4v) is 1.90. The zero-order chi connectivity index (χ0) is 14.7. The van der Waals surface area contributed by atoms with Crippen molar-refractivity contribution in [3.63, 3.8) is 0 Å². The highest BCUT2D eigenvalue weighted by atomic mass is 35.5. The molecular weight excluding hydrogens is 303 g/mol. The Kier molecular flexibility index (Phi) is 4.26. The first-order chi connectivity index (χ1) is 9.51. The Bertz CT molecular complexity index is 664. The highest BCUT2D eigenvalue weighted by Crippen LogP contribution is 2.32. The van der Waals surface area contributed by atoms with Crippen LogP contribution in [-0.2, 0) is 0 Å².